The Morgan fingerprint density at radius 1 is 1.43 bits per heavy atom. The normalized spacial score (nSPS) is 19.1. The number of hydrogen-bond donors (Lipinski definition) is 1. The first-order chi connectivity index (χ1) is 6.70. The van der Waals surface area contributed by atoms with Crippen molar-refractivity contribution in [3.63, 3.8) is 0 Å². The maximum absolute atomic E-state index is 11.3. The molecule has 0 fully saturated rings. The third-order valence-electron chi connectivity index (χ3n) is 2.70. The Bertz CT molecular complexity index is 374. The quantitative estimate of drug-likeness (QED) is 0.535. The topological polar surface area (TPSA) is 52.3 Å². The van der Waals surface area contributed by atoms with Gasteiger partial charge in [-0.2, -0.15) is 0 Å². The van der Waals surface area contributed by atoms with E-state index < -0.39 is 0 Å². The molecule has 0 unspecified atom stereocenters. The maximum Gasteiger partial charge on any atom is 0.309 e. The molecule has 14 heavy (non-hydrogen) atoms. The largest absolute Gasteiger partial charge is 0.469 e. The average Bonchev–Trinajstić information content (AvgIpc) is 2.59. The van der Waals surface area contributed by atoms with Crippen molar-refractivity contribution in [2.24, 2.45) is 5.92 Å². The van der Waals surface area contributed by atoms with Crippen LogP contribution in [0.5, 0.6) is 0 Å². The van der Waals surface area contributed by atoms with E-state index in [0.29, 0.717) is 0 Å². The van der Waals surface area contributed by atoms with Crippen molar-refractivity contribution in [2.75, 3.05) is 12.8 Å². The van der Waals surface area contributed by atoms with E-state index in [2.05, 4.69) is 0 Å². The van der Waals surface area contributed by atoms with Gasteiger partial charge in [-0.1, -0.05) is 6.07 Å². The van der Waals surface area contributed by atoms with Crippen LogP contribution in [-0.2, 0) is 22.4 Å². The molecule has 0 aliphatic heterocycles. The Kier molecular flexibility index (Phi) is 2.15. The van der Waals surface area contributed by atoms with Crippen LogP contribution in [0.3, 0.4) is 0 Å². The van der Waals surface area contributed by atoms with Crippen LogP contribution < -0.4 is 5.73 Å². The SMILES string of the molecule is COC(=O)[C@@H]1Cc2ccc(N)cc2C1. The molecule has 1 aliphatic rings. The number of rotatable bonds is 1. The Morgan fingerprint density at radius 3 is 2.86 bits per heavy atom. The molecule has 74 valence electrons. The van der Waals surface area contributed by atoms with Crippen molar-refractivity contribution in [1.82, 2.24) is 0 Å². The minimum absolute atomic E-state index is 0.0169. The molecule has 1 aliphatic carbocycles. The number of carbonyl (C=O) groups is 1. The summed E-state index contributed by atoms with van der Waals surface area (Å²) in [5.41, 5.74) is 8.83. The van der Waals surface area contributed by atoms with Crippen LogP contribution in [0.25, 0.3) is 0 Å². The molecular weight excluding hydrogens is 178 g/mol. The van der Waals surface area contributed by atoms with Gasteiger partial charge in [-0.05, 0) is 36.1 Å². The Balaban J connectivity index is 2.22. The van der Waals surface area contributed by atoms with Crippen LogP contribution >= 0.6 is 0 Å². The molecule has 3 heteroatoms. The first-order valence-electron chi connectivity index (χ1n) is 4.66. The summed E-state index contributed by atoms with van der Waals surface area (Å²) in [4.78, 5) is 11.3. The van der Waals surface area contributed by atoms with Crippen molar-refractivity contribution in [3.05, 3.63) is 29.3 Å². The van der Waals surface area contributed by atoms with Crippen LogP contribution in [0.4, 0.5) is 5.69 Å². The van der Waals surface area contributed by atoms with Crippen molar-refractivity contribution in [2.45, 2.75) is 12.8 Å². The highest BCUT2D eigenvalue weighted by Gasteiger charge is 2.27. The molecular formula is C11H13NO2. The lowest BCUT2D eigenvalue weighted by Gasteiger charge is -2.04. The zero-order chi connectivity index (χ0) is 10.1. The fourth-order valence-electron chi connectivity index (χ4n) is 1.97. The number of nitrogens with two attached hydrogens (primary N) is 1. The van der Waals surface area contributed by atoms with Crippen molar-refractivity contribution >= 4 is 11.7 Å². The second-order valence-electron chi connectivity index (χ2n) is 3.66. The summed E-state index contributed by atoms with van der Waals surface area (Å²) in [7, 11) is 1.43. The van der Waals surface area contributed by atoms with Gasteiger partial charge >= 0.3 is 5.97 Å². The predicted octanol–water partition coefficient (Wildman–Crippen LogP) is 1.16. The highest BCUT2D eigenvalue weighted by Crippen LogP contribution is 2.28. The Hall–Kier alpha value is -1.51. The monoisotopic (exact) mass is 191 g/mol. The lowest BCUT2D eigenvalue weighted by Crippen LogP contribution is -2.15. The number of benzene rings is 1. The highest BCUT2D eigenvalue weighted by molar-refractivity contribution is 5.74. The number of nitrogen functional groups attached to an aromatic ring is 1. The number of methoxy groups -OCH3 is 1. The molecule has 3 nitrogen and oxygen atoms in total. The van der Waals surface area contributed by atoms with Gasteiger partial charge in [0, 0.05) is 5.69 Å². The summed E-state index contributed by atoms with van der Waals surface area (Å²) in [6.07, 6.45) is 1.54. The van der Waals surface area contributed by atoms with Gasteiger partial charge in [0.2, 0.25) is 0 Å². The molecule has 1 aromatic rings. The van der Waals surface area contributed by atoms with E-state index in [0.717, 1.165) is 18.5 Å². The zero-order valence-electron chi connectivity index (χ0n) is 8.12. The summed E-state index contributed by atoms with van der Waals surface area (Å²) in [6, 6.07) is 5.81. The highest BCUT2D eigenvalue weighted by atomic mass is 16.5. The molecule has 0 saturated heterocycles. The first kappa shape index (κ1) is 9.06. The molecule has 0 radical (unpaired) electrons. The number of esters is 1. The molecule has 0 amide bonds. The van der Waals surface area contributed by atoms with Gasteiger partial charge in [0.25, 0.3) is 0 Å². The van der Waals surface area contributed by atoms with Crippen molar-refractivity contribution < 1.29 is 9.53 Å². The molecule has 2 rings (SSSR count). The lowest BCUT2D eigenvalue weighted by molar-refractivity contribution is -0.145. The lowest BCUT2D eigenvalue weighted by atomic mass is 10.1. The van der Waals surface area contributed by atoms with Gasteiger partial charge in [-0.15, -0.1) is 0 Å². The second-order valence-corrected chi connectivity index (χ2v) is 3.66. The Labute approximate surface area is 82.9 Å². The summed E-state index contributed by atoms with van der Waals surface area (Å²) < 4.78 is 4.73. The average molecular weight is 191 g/mol. The van der Waals surface area contributed by atoms with E-state index in [-0.39, 0.29) is 11.9 Å². The molecule has 0 spiro atoms. The van der Waals surface area contributed by atoms with Crippen molar-refractivity contribution in [1.29, 1.82) is 0 Å². The van der Waals surface area contributed by atoms with E-state index in [1.807, 2.05) is 18.2 Å². The predicted molar refractivity (Wildman–Crippen MR) is 53.8 cm³/mol. The molecule has 0 bridgehead atoms. The van der Waals surface area contributed by atoms with Gasteiger partial charge in [0.05, 0.1) is 13.0 Å². The maximum atomic E-state index is 11.3. The molecule has 2 N–H and O–H groups in total. The fraction of sp³-hybridized carbons (Fsp3) is 0.364. The standard InChI is InChI=1S/C11H13NO2/c1-14-11(13)9-4-7-2-3-10(12)6-8(7)5-9/h2-3,6,9H,4-5,12H2,1H3/t9-/m1/s1. The Morgan fingerprint density at radius 2 is 2.14 bits per heavy atom. The number of anilines is 1. The zero-order valence-corrected chi connectivity index (χ0v) is 8.12. The number of fused-ring (bicyclic) bond motifs is 1. The molecule has 1 aromatic carbocycles. The fourth-order valence-corrected chi connectivity index (χ4v) is 1.97. The van der Waals surface area contributed by atoms with E-state index in [4.69, 9.17) is 10.5 Å². The van der Waals surface area contributed by atoms with Gasteiger partial charge in [0.15, 0.2) is 0 Å². The minimum Gasteiger partial charge on any atom is -0.469 e. The summed E-state index contributed by atoms with van der Waals surface area (Å²) in [5.74, 6) is -0.142. The summed E-state index contributed by atoms with van der Waals surface area (Å²) >= 11 is 0. The first-order valence-corrected chi connectivity index (χ1v) is 4.66. The summed E-state index contributed by atoms with van der Waals surface area (Å²) in [6.45, 7) is 0. The van der Waals surface area contributed by atoms with E-state index in [1.54, 1.807) is 0 Å². The van der Waals surface area contributed by atoms with Crippen molar-refractivity contribution in [3.8, 4) is 0 Å². The van der Waals surface area contributed by atoms with Gasteiger partial charge in [-0.3, -0.25) is 4.79 Å². The van der Waals surface area contributed by atoms with Gasteiger partial charge < -0.3 is 10.5 Å². The van der Waals surface area contributed by atoms with Crippen LogP contribution in [0.2, 0.25) is 0 Å². The molecule has 0 heterocycles. The van der Waals surface area contributed by atoms with Crippen LogP contribution in [0, 0.1) is 5.92 Å². The smallest absolute Gasteiger partial charge is 0.309 e. The minimum atomic E-state index is -0.125. The third-order valence-corrected chi connectivity index (χ3v) is 2.70. The summed E-state index contributed by atoms with van der Waals surface area (Å²) in [5, 5.41) is 0. The van der Waals surface area contributed by atoms with Crippen LogP contribution in [0.1, 0.15) is 11.1 Å². The second kappa shape index (κ2) is 3.33. The number of ether oxygens (including phenoxy) is 1. The molecule has 1 atom stereocenters. The van der Waals surface area contributed by atoms with E-state index >= 15 is 0 Å². The third kappa shape index (κ3) is 1.45. The van der Waals surface area contributed by atoms with Gasteiger partial charge in [0.1, 0.15) is 0 Å². The number of carbonyl (C=O) groups excluding carboxylic acids is 1. The van der Waals surface area contributed by atoms with E-state index in [9.17, 15) is 4.79 Å². The number of hydrogen-bond acceptors (Lipinski definition) is 3. The van der Waals surface area contributed by atoms with Gasteiger partial charge in [-0.25, -0.2) is 0 Å². The van der Waals surface area contributed by atoms with E-state index in [1.165, 1.54) is 18.2 Å². The molecule has 0 aromatic heterocycles. The van der Waals surface area contributed by atoms with Crippen LogP contribution in [0.15, 0.2) is 18.2 Å². The molecule has 0 saturated carbocycles. The van der Waals surface area contributed by atoms with Crippen LogP contribution in [-0.4, -0.2) is 13.1 Å².